The molecule has 2 rings (SSSR count). The van der Waals surface area contributed by atoms with Crippen LogP contribution in [-0.4, -0.2) is 30.0 Å². The van der Waals surface area contributed by atoms with Crippen molar-refractivity contribution in [1.29, 1.82) is 0 Å². The number of rotatable bonds is 7. The highest BCUT2D eigenvalue weighted by molar-refractivity contribution is 7.89. The summed E-state index contributed by atoms with van der Waals surface area (Å²) in [4.78, 5) is 0.215. The molecule has 2 atom stereocenters. The number of hydrogen-bond donors (Lipinski definition) is 1. The normalized spacial score (nSPS) is 14.3. The van der Waals surface area contributed by atoms with Crippen molar-refractivity contribution >= 4 is 10.0 Å². The second-order valence-electron chi connectivity index (χ2n) is 5.82. The van der Waals surface area contributed by atoms with E-state index in [2.05, 4.69) is 6.58 Å². The number of hydrogen-bond acceptors (Lipinski definition) is 3. The van der Waals surface area contributed by atoms with Crippen LogP contribution in [0.15, 0.2) is 72.1 Å². The Morgan fingerprint density at radius 1 is 1.12 bits per heavy atom. The standard InChI is InChI=1S/C19H23NO3S/c1-4-19(21)16(3)20(14-17-8-6-5-7-9-17)24(22,23)18-12-10-15(2)11-13-18/h4-13,16,19,21H,1,14H2,2-3H3/t16-,19-/m0/s1. The molecule has 0 radical (unpaired) electrons. The predicted molar refractivity (Wildman–Crippen MR) is 96.0 cm³/mol. The Labute approximate surface area is 144 Å². The van der Waals surface area contributed by atoms with Gasteiger partial charge in [0, 0.05) is 6.54 Å². The van der Waals surface area contributed by atoms with Crippen LogP contribution in [0, 0.1) is 6.92 Å². The summed E-state index contributed by atoms with van der Waals surface area (Å²) in [6.07, 6.45) is 0.404. The minimum absolute atomic E-state index is 0.184. The van der Waals surface area contributed by atoms with Crippen molar-refractivity contribution in [3.63, 3.8) is 0 Å². The van der Waals surface area contributed by atoms with E-state index in [1.165, 1.54) is 10.4 Å². The molecule has 2 aromatic rings. The molecule has 0 saturated carbocycles. The molecule has 0 aromatic heterocycles. The van der Waals surface area contributed by atoms with Gasteiger partial charge in [-0.1, -0.05) is 54.1 Å². The Balaban J connectivity index is 2.44. The molecule has 0 unspecified atom stereocenters. The molecule has 4 nitrogen and oxygen atoms in total. The van der Waals surface area contributed by atoms with E-state index in [1.807, 2.05) is 37.3 Å². The van der Waals surface area contributed by atoms with E-state index in [1.54, 1.807) is 31.2 Å². The lowest BCUT2D eigenvalue weighted by atomic mass is 10.1. The fourth-order valence-corrected chi connectivity index (χ4v) is 4.06. The molecule has 5 heteroatoms. The molecule has 2 aromatic carbocycles. The molecule has 0 aliphatic carbocycles. The van der Waals surface area contributed by atoms with Gasteiger partial charge in [-0.3, -0.25) is 0 Å². The molecule has 0 aliphatic rings. The van der Waals surface area contributed by atoms with E-state index in [0.717, 1.165) is 11.1 Å². The van der Waals surface area contributed by atoms with Crippen molar-refractivity contribution in [2.24, 2.45) is 0 Å². The van der Waals surface area contributed by atoms with Crippen LogP contribution in [0.25, 0.3) is 0 Å². The van der Waals surface area contributed by atoms with Gasteiger partial charge < -0.3 is 5.11 Å². The monoisotopic (exact) mass is 345 g/mol. The zero-order chi connectivity index (χ0) is 17.7. The zero-order valence-corrected chi connectivity index (χ0v) is 14.8. The van der Waals surface area contributed by atoms with Crippen LogP contribution in [0.5, 0.6) is 0 Å². The summed E-state index contributed by atoms with van der Waals surface area (Å²) in [5, 5.41) is 10.1. The lowest BCUT2D eigenvalue weighted by Crippen LogP contribution is -2.44. The lowest BCUT2D eigenvalue weighted by Gasteiger charge is -2.30. The van der Waals surface area contributed by atoms with Crippen LogP contribution in [0.2, 0.25) is 0 Å². The van der Waals surface area contributed by atoms with E-state index in [0.29, 0.717) is 0 Å². The van der Waals surface area contributed by atoms with Crippen LogP contribution >= 0.6 is 0 Å². The summed E-state index contributed by atoms with van der Waals surface area (Å²) in [5.41, 5.74) is 1.85. The van der Waals surface area contributed by atoms with Crippen molar-refractivity contribution in [2.45, 2.75) is 37.4 Å². The average molecular weight is 345 g/mol. The highest BCUT2D eigenvalue weighted by Crippen LogP contribution is 2.23. The molecule has 128 valence electrons. The van der Waals surface area contributed by atoms with Crippen molar-refractivity contribution < 1.29 is 13.5 Å². The second kappa shape index (κ2) is 7.75. The SMILES string of the molecule is C=C[C@H](O)[C@H](C)N(Cc1ccccc1)S(=O)(=O)c1ccc(C)cc1. The average Bonchev–Trinajstić information content (AvgIpc) is 2.59. The third-order valence-electron chi connectivity index (χ3n) is 4.00. The summed E-state index contributed by atoms with van der Waals surface area (Å²) in [6.45, 7) is 7.34. The van der Waals surface area contributed by atoms with Crippen LogP contribution in [-0.2, 0) is 16.6 Å². The van der Waals surface area contributed by atoms with Crippen molar-refractivity contribution in [3.8, 4) is 0 Å². The second-order valence-corrected chi connectivity index (χ2v) is 7.71. The topological polar surface area (TPSA) is 57.6 Å². The molecule has 0 fully saturated rings. The van der Waals surface area contributed by atoms with Gasteiger partial charge >= 0.3 is 0 Å². The van der Waals surface area contributed by atoms with Crippen molar-refractivity contribution in [2.75, 3.05) is 0 Å². The van der Waals surface area contributed by atoms with Crippen LogP contribution in [0.4, 0.5) is 0 Å². The molecule has 0 amide bonds. The Morgan fingerprint density at radius 2 is 1.71 bits per heavy atom. The highest BCUT2D eigenvalue weighted by Gasteiger charge is 2.32. The number of nitrogens with zero attached hydrogens (tertiary/aromatic N) is 1. The van der Waals surface area contributed by atoms with Gasteiger partial charge in [0.15, 0.2) is 0 Å². The van der Waals surface area contributed by atoms with Crippen LogP contribution in [0.3, 0.4) is 0 Å². The Bertz CT molecular complexity index is 770. The van der Waals surface area contributed by atoms with E-state index in [-0.39, 0.29) is 11.4 Å². The molecular formula is C19H23NO3S. The molecule has 0 heterocycles. The fourth-order valence-electron chi connectivity index (χ4n) is 2.42. The number of aliphatic hydroxyl groups is 1. The molecule has 24 heavy (non-hydrogen) atoms. The summed E-state index contributed by atoms with van der Waals surface area (Å²) in [7, 11) is -3.74. The summed E-state index contributed by atoms with van der Waals surface area (Å²) >= 11 is 0. The predicted octanol–water partition coefficient (Wildman–Crippen LogP) is 3.12. The quantitative estimate of drug-likeness (QED) is 0.785. The molecular weight excluding hydrogens is 322 g/mol. The maximum Gasteiger partial charge on any atom is 0.243 e. The van der Waals surface area contributed by atoms with Gasteiger partial charge in [-0.05, 0) is 31.5 Å². The number of aryl methyl sites for hydroxylation is 1. The first-order valence-corrected chi connectivity index (χ1v) is 9.23. The van der Waals surface area contributed by atoms with Crippen molar-refractivity contribution in [3.05, 3.63) is 78.4 Å². The third-order valence-corrected chi connectivity index (χ3v) is 5.95. The molecule has 0 bridgehead atoms. The summed E-state index contributed by atoms with van der Waals surface area (Å²) in [5.74, 6) is 0. The van der Waals surface area contributed by atoms with Crippen LogP contribution in [0.1, 0.15) is 18.1 Å². The van der Waals surface area contributed by atoms with Gasteiger partial charge in [-0.2, -0.15) is 4.31 Å². The van der Waals surface area contributed by atoms with Gasteiger partial charge in [0.05, 0.1) is 17.0 Å². The molecule has 1 N–H and O–H groups in total. The Kier molecular flexibility index (Phi) is 5.94. The maximum atomic E-state index is 13.1. The Morgan fingerprint density at radius 3 is 2.25 bits per heavy atom. The number of benzene rings is 2. The third kappa shape index (κ3) is 4.12. The first kappa shape index (κ1) is 18.4. The summed E-state index contributed by atoms with van der Waals surface area (Å²) in [6, 6.07) is 15.4. The lowest BCUT2D eigenvalue weighted by molar-refractivity contribution is 0.134. The fraction of sp³-hybridized carbons (Fsp3) is 0.263. The summed E-state index contributed by atoms with van der Waals surface area (Å²) < 4.78 is 27.5. The van der Waals surface area contributed by atoms with Gasteiger partial charge in [-0.15, -0.1) is 6.58 Å². The molecule has 0 saturated heterocycles. The highest BCUT2D eigenvalue weighted by atomic mass is 32.2. The minimum atomic E-state index is -3.74. The van der Waals surface area contributed by atoms with E-state index in [4.69, 9.17) is 0 Å². The first-order valence-electron chi connectivity index (χ1n) is 7.79. The molecule has 0 aliphatic heterocycles. The zero-order valence-electron chi connectivity index (χ0n) is 14.0. The maximum absolute atomic E-state index is 13.1. The van der Waals surface area contributed by atoms with E-state index < -0.39 is 22.2 Å². The van der Waals surface area contributed by atoms with Gasteiger partial charge in [0.25, 0.3) is 0 Å². The largest absolute Gasteiger partial charge is 0.387 e. The van der Waals surface area contributed by atoms with Crippen LogP contribution < -0.4 is 0 Å². The smallest absolute Gasteiger partial charge is 0.243 e. The van der Waals surface area contributed by atoms with Gasteiger partial charge in [0.1, 0.15) is 0 Å². The van der Waals surface area contributed by atoms with Gasteiger partial charge in [0.2, 0.25) is 10.0 Å². The first-order chi connectivity index (χ1) is 11.4. The van der Waals surface area contributed by atoms with E-state index >= 15 is 0 Å². The Hall–Kier alpha value is -1.95. The van der Waals surface area contributed by atoms with Gasteiger partial charge in [-0.25, -0.2) is 8.42 Å². The molecule has 0 spiro atoms. The van der Waals surface area contributed by atoms with E-state index in [9.17, 15) is 13.5 Å². The van der Waals surface area contributed by atoms with Crippen molar-refractivity contribution in [1.82, 2.24) is 4.31 Å². The number of aliphatic hydroxyl groups excluding tert-OH is 1. The minimum Gasteiger partial charge on any atom is -0.387 e. The number of sulfonamides is 1.